The standard InChI is InChI=1S/C34H35BClF3N6O2S/c1-16(35)3-4-17-9-19-14-46-29-25-28(27(39)24(26(29)36)20-5-6-22(38)30-23(20)21(11-40)31(41)48-30)42-33(43-32(25)45(19)12-17)47-15-34-7-2-8-44(34)13-18(37)10-34/h5-6,16-19H,2-4,7-10,12-15,35,41H2,1H3/t16?,17?,18-,19?,34+/m1/s1. The van der Waals surface area contributed by atoms with Crippen LogP contribution in [0.3, 0.4) is 0 Å². The fourth-order valence-corrected chi connectivity index (χ4v) is 9.71. The number of nitrogen functional groups attached to an aromatic ring is 1. The average Bonchev–Trinajstić information content (AvgIpc) is 3.78. The first-order valence-electron chi connectivity index (χ1n) is 16.6. The van der Waals surface area contributed by atoms with Crippen molar-refractivity contribution >= 4 is 62.6 Å². The number of halogens is 4. The van der Waals surface area contributed by atoms with Gasteiger partial charge in [-0.1, -0.05) is 36.8 Å². The number of nitrogens with zero attached hydrogens (tertiary/aromatic N) is 5. The van der Waals surface area contributed by atoms with E-state index in [1.54, 1.807) is 0 Å². The van der Waals surface area contributed by atoms with E-state index in [9.17, 15) is 14.0 Å². The van der Waals surface area contributed by atoms with Crippen LogP contribution in [-0.2, 0) is 0 Å². The Hall–Kier alpha value is -3.47. The highest BCUT2D eigenvalue weighted by Gasteiger charge is 2.49. The maximum Gasteiger partial charge on any atom is 0.319 e. The average molecular weight is 695 g/mol. The van der Waals surface area contributed by atoms with E-state index in [1.165, 1.54) is 12.1 Å². The monoisotopic (exact) mass is 694 g/mol. The molecule has 3 unspecified atom stereocenters. The molecule has 8 nitrogen and oxygen atoms in total. The number of alkyl halides is 1. The molecule has 3 fully saturated rings. The number of thiophene rings is 1. The molecule has 14 heteroatoms. The van der Waals surface area contributed by atoms with E-state index in [4.69, 9.17) is 31.8 Å². The van der Waals surface area contributed by atoms with E-state index in [-0.39, 0.29) is 66.7 Å². The maximum absolute atomic E-state index is 17.2. The molecule has 2 aromatic carbocycles. The van der Waals surface area contributed by atoms with Crippen LogP contribution in [-0.4, -0.2) is 73.3 Å². The van der Waals surface area contributed by atoms with Crippen molar-refractivity contribution in [3.63, 3.8) is 0 Å². The maximum atomic E-state index is 17.2. The van der Waals surface area contributed by atoms with Crippen LogP contribution in [0.15, 0.2) is 12.1 Å². The van der Waals surface area contributed by atoms with Crippen molar-refractivity contribution in [3.8, 4) is 29.0 Å². The topological polar surface area (TPSA) is 101 Å². The normalized spacial score (nSPS) is 25.6. The van der Waals surface area contributed by atoms with Gasteiger partial charge in [0.1, 0.15) is 55.5 Å². The lowest BCUT2D eigenvalue weighted by atomic mass is 9.83. The Morgan fingerprint density at radius 3 is 2.92 bits per heavy atom. The van der Waals surface area contributed by atoms with Crippen LogP contribution in [0.1, 0.15) is 51.0 Å². The van der Waals surface area contributed by atoms with Crippen molar-refractivity contribution in [1.82, 2.24) is 14.9 Å². The molecular formula is C34H35BClF3N6O2S. The summed E-state index contributed by atoms with van der Waals surface area (Å²) in [4.78, 5) is 13.8. The summed E-state index contributed by atoms with van der Waals surface area (Å²) in [5, 5.41) is 10.6. The van der Waals surface area contributed by atoms with Gasteiger partial charge in [-0.05, 0) is 49.8 Å². The Bertz CT molecular complexity index is 2010. The second-order valence-electron chi connectivity index (χ2n) is 14.2. The van der Waals surface area contributed by atoms with Gasteiger partial charge in [0.25, 0.3) is 0 Å². The smallest absolute Gasteiger partial charge is 0.319 e. The summed E-state index contributed by atoms with van der Waals surface area (Å²) in [6.45, 7) is 4.60. The molecular weight excluding hydrogens is 660 g/mol. The lowest BCUT2D eigenvalue weighted by Gasteiger charge is -2.31. The Labute approximate surface area is 286 Å². The number of nitriles is 1. The molecule has 0 saturated carbocycles. The van der Waals surface area contributed by atoms with Gasteiger partial charge < -0.3 is 20.1 Å². The van der Waals surface area contributed by atoms with Crippen LogP contribution in [0.4, 0.5) is 24.0 Å². The van der Waals surface area contributed by atoms with Crippen LogP contribution >= 0.6 is 22.9 Å². The predicted octanol–water partition coefficient (Wildman–Crippen LogP) is 6.66. The zero-order chi connectivity index (χ0) is 33.5. The van der Waals surface area contributed by atoms with Crippen molar-refractivity contribution < 1.29 is 22.6 Å². The highest BCUT2D eigenvalue weighted by molar-refractivity contribution is 7.23. The van der Waals surface area contributed by atoms with E-state index in [0.29, 0.717) is 49.1 Å². The predicted molar refractivity (Wildman–Crippen MR) is 185 cm³/mol. The van der Waals surface area contributed by atoms with Gasteiger partial charge in [0, 0.05) is 30.5 Å². The summed E-state index contributed by atoms with van der Waals surface area (Å²) in [5.74, 6) is 0.360. The number of fused-ring (bicyclic) bond motifs is 4. The Morgan fingerprint density at radius 1 is 1.29 bits per heavy atom. The zero-order valence-electron chi connectivity index (χ0n) is 26.8. The molecule has 2 N–H and O–H groups in total. The Balaban J connectivity index is 1.30. The van der Waals surface area contributed by atoms with Crippen molar-refractivity contribution in [2.75, 3.05) is 43.5 Å². The van der Waals surface area contributed by atoms with Gasteiger partial charge in [0.2, 0.25) is 0 Å². The number of aromatic nitrogens is 2. The largest absolute Gasteiger partial charge is 0.489 e. The first-order valence-corrected chi connectivity index (χ1v) is 17.8. The Morgan fingerprint density at radius 2 is 2.12 bits per heavy atom. The number of rotatable bonds is 7. The minimum atomic E-state index is -0.928. The molecule has 4 aliphatic heterocycles. The highest BCUT2D eigenvalue weighted by atomic mass is 35.5. The fourth-order valence-electron chi connectivity index (χ4n) is 8.42. The van der Waals surface area contributed by atoms with Gasteiger partial charge in [0.05, 0.1) is 32.3 Å². The molecule has 8 rings (SSSR count). The summed E-state index contributed by atoms with van der Waals surface area (Å²) < 4.78 is 59.6. The van der Waals surface area contributed by atoms with Gasteiger partial charge in [0.15, 0.2) is 11.6 Å². The van der Waals surface area contributed by atoms with Gasteiger partial charge >= 0.3 is 6.01 Å². The molecule has 0 spiro atoms. The van der Waals surface area contributed by atoms with Crippen molar-refractivity contribution in [2.45, 2.75) is 69.0 Å². The molecule has 250 valence electrons. The number of nitrogens with two attached hydrogens (primary N) is 1. The molecule has 48 heavy (non-hydrogen) atoms. The van der Waals surface area contributed by atoms with Gasteiger partial charge in [-0.2, -0.15) is 15.2 Å². The molecule has 0 amide bonds. The van der Waals surface area contributed by atoms with Crippen molar-refractivity contribution in [1.29, 1.82) is 5.26 Å². The van der Waals surface area contributed by atoms with E-state index < -0.39 is 23.3 Å². The van der Waals surface area contributed by atoms with E-state index in [2.05, 4.69) is 35.6 Å². The molecule has 6 heterocycles. The van der Waals surface area contributed by atoms with E-state index >= 15 is 4.39 Å². The zero-order valence-corrected chi connectivity index (χ0v) is 28.4. The SMILES string of the molecule is BC(C)CCC1CC2COc3c(Cl)c(-c4ccc(F)c5sc(N)c(C#N)c45)c(F)c4nc(OC[C@@]56CCCN5C[C@H](F)C6)nc(c34)N2C1. The fraction of sp³-hybridized carbons (Fsp3) is 0.500. The summed E-state index contributed by atoms with van der Waals surface area (Å²) in [6, 6.07) is 4.63. The van der Waals surface area contributed by atoms with Crippen molar-refractivity contribution in [3.05, 3.63) is 34.4 Å². The number of anilines is 2. The lowest BCUT2D eigenvalue weighted by molar-refractivity contribution is 0.107. The minimum absolute atomic E-state index is 0.00724. The molecule has 0 aliphatic carbocycles. The first-order chi connectivity index (χ1) is 23.1. The summed E-state index contributed by atoms with van der Waals surface area (Å²) in [5.41, 5.74) is 5.81. The van der Waals surface area contributed by atoms with Crippen LogP contribution in [0.5, 0.6) is 11.8 Å². The van der Waals surface area contributed by atoms with Crippen LogP contribution < -0.4 is 20.1 Å². The van der Waals surface area contributed by atoms with E-state index in [1.807, 2.05) is 0 Å². The van der Waals surface area contributed by atoms with Gasteiger partial charge in [-0.3, -0.25) is 4.90 Å². The highest BCUT2D eigenvalue weighted by Crippen LogP contribution is 2.52. The summed E-state index contributed by atoms with van der Waals surface area (Å²) in [6.07, 6.45) is 4.23. The molecule has 0 radical (unpaired) electrons. The minimum Gasteiger partial charge on any atom is -0.489 e. The van der Waals surface area contributed by atoms with E-state index in [0.717, 1.165) is 50.0 Å². The molecule has 3 saturated heterocycles. The number of benzene rings is 2. The second-order valence-corrected chi connectivity index (χ2v) is 15.6. The molecule has 0 bridgehead atoms. The number of hydrogen-bond acceptors (Lipinski definition) is 9. The number of hydrogen-bond donors (Lipinski definition) is 1. The third-order valence-electron chi connectivity index (χ3n) is 10.7. The lowest BCUT2D eigenvalue weighted by Crippen LogP contribution is -2.43. The molecule has 4 aromatic rings. The molecule has 4 aliphatic rings. The van der Waals surface area contributed by atoms with Crippen LogP contribution in [0.2, 0.25) is 10.8 Å². The van der Waals surface area contributed by atoms with Crippen LogP contribution in [0.25, 0.3) is 32.1 Å². The summed E-state index contributed by atoms with van der Waals surface area (Å²) >= 11 is 7.99. The molecule has 2 aromatic heterocycles. The quantitative estimate of drug-likeness (QED) is 0.215. The van der Waals surface area contributed by atoms with Crippen molar-refractivity contribution in [2.24, 2.45) is 5.92 Å². The molecule has 5 atom stereocenters. The third kappa shape index (κ3) is 4.97. The third-order valence-corrected chi connectivity index (χ3v) is 12.1. The first kappa shape index (κ1) is 31.8. The van der Waals surface area contributed by atoms with Gasteiger partial charge in [-0.25, -0.2) is 13.2 Å². The van der Waals surface area contributed by atoms with Crippen LogP contribution in [0, 0.1) is 28.9 Å². The van der Waals surface area contributed by atoms with Gasteiger partial charge in [-0.15, -0.1) is 11.3 Å². The summed E-state index contributed by atoms with van der Waals surface area (Å²) in [7, 11) is 2.21. The Kier molecular flexibility index (Phi) is 7.84. The number of ether oxygens (including phenoxy) is 2. The second kappa shape index (κ2) is 11.8.